The van der Waals surface area contributed by atoms with E-state index in [0.717, 1.165) is 30.7 Å². The van der Waals surface area contributed by atoms with Crippen molar-refractivity contribution in [1.82, 2.24) is 15.2 Å². The van der Waals surface area contributed by atoms with Gasteiger partial charge in [0.1, 0.15) is 5.75 Å². The molecule has 0 radical (unpaired) electrons. The van der Waals surface area contributed by atoms with E-state index in [0.29, 0.717) is 44.2 Å². The predicted molar refractivity (Wildman–Crippen MR) is 128 cm³/mol. The topological polar surface area (TPSA) is 80.8 Å². The van der Waals surface area contributed by atoms with Crippen LogP contribution in [0.15, 0.2) is 42.5 Å². The fraction of sp³-hybridized carbons (Fsp3) is 0.500. The molecule has 7 nitrogen and oxygen atoms in total. The summed E-state index contributed by atoms with van der Waals surface area (Å²) in [6.45, 7) is 8.68. The molecule has 1 unspecified atom stereocenters. The number of aryl methyl sites for hydroxylation is 1. The van der Waals surface area contributed by atoms with Crippen LogP contribution >= 0.6 is 0 Å². The van der Waals surface area contributed by atoms with E-state index in [2.05, 4.69) is 12.2 Å². The second-order valence-electron chi connectivity index (χ2n) is 8.43. The number of ether oxygens (including phenoxy) is 2. The molecule has 0 aliphatic carbocycles. The van der Waals surface area contributed by atoms with Gasteiger partial charge in [0.2, 0.25) is 0 Å². The standard InChI is InChI=1S/C26H35N3O4/c1-4-17-32-18-14-27-25(30)23-11-10-19(2)28-24(23)21-12-15-29(16-13-21)26(31)20(3)33-22-8-6-5-7-9-22/h5-11,20-21H,4,12-18H2,1-3H3,(H,27,30). The average Bonchev–Trinajstić information content (AvgIpc) is 2.84. The molecule has 1 aliphatic heterocycles. The summed E-state index contributed by atoms with van der Waals surface area (Å²) < 4.78 is 11.3. The maximum Gasteiger partial charge on any atom is 0.263 e. The Balaban J connectivity index is 1.58. The van der Waals surface area contributed by atoms with Crippen molar-refractivity contribution in [2.75, 3.05) is 32.8 Å². The van der Waals surface area contributed by atoms with Gasteiger partial charge in [-0.1, -0.05) is 25.1 Å². The Kier molecular flexibility index (Phi) is 9.24. The van der Waals surface area contributed by atoms with Crippen LogP contribution in [0.2, 0.25) is 0 Å². The fourth-order valence-electron chi connectivity index (χ4n) is 4.04. The van der Waals surface area contributed by atoms with Gasteiger partial charge in [-0.3, -0.25) is 14.6 Å². The van der Waals surface area contributed by atoms with Gasteiger partial charge in [0.05, 0.1) is 17.9 Å². The van der Waals surface area contributed by atoms with Gasteiger partial charge < -0.3 is 19.7 Å². The lowest BCUT2D eigenvalue weighted by Crippen LogP contribution is -2.44. The molecule has 1 fully saturated rings. The van der Waals surface area contributed by atoms with Crippen molar-refractivity contribution in [3.8, 4) is 5.75 Å². The zero-order chi connectivity index (χ0) is 23.6. The highest BCUT2D eigenvalue weighted by atomic mass is 16.5. The van der Waals surface area contributed by atoms with Gasteiger partial charge >= 0.3 is 0 Å². The number of nitrogens with one attached hydrogen (secondary N) is 1. The molecule has 2 aromatic rings. The number of carbonyl (C=O) groups is 2. The van der Waals surface area contributed by atoms with Crippen LogP contribution in [0.25, 0.3) is 0 Å². The van der Waals surface area contributed by atoms with Gasteiger partial charge in [0.25, 0.3) is 11.8 Å². The highest BCUT2D eigenvalue weighted by molar-refractivity contribution is 5.95. The van der Waals surface area contributed by atoms with Gasteiger partial charge in [-0.25, -0.2) is 0 Å². The Labute approximate surface area is 196 Å². The number of benzene rings is 1. The Morgan fingerprint density at radius 3 is 2.55 bits per heavy atom. The molecule has 0 saturated carbocycles. The quantitative estimate of drug-likeness (QED) is 0.555. The van der Waals surface area contributed by atoms with Crippen molar-refractivity contribution in [2.45, 2.75) is 52.1 Å². The number of hydrogen-bond acceptors (Lipinski definition) is 5. The summed E-state index contributed by atoms with van der Waals surface area (Å²) in [4.78, 5) is 32.2. The smallest absolute Gasteiger partial charge is 0.263 e. The number of pyridine rings is 1. The summed E-state index contributed by atoms with van der Waals surface area (Å²) in [5, 5.41) is 2.94. The molecule has 0 bridgehead atoms. The number of likely N-dealkylation sites (tertiary alicyclic amines) is 1. The normalized spacial score (nSPS) is 15.2. The van der Waals surface area contributed by atoms with Crippen molar-refractivity contribution < 1.29 is 19.1 Å². The van der Waals surface area contributed by atoms with E-state index in [9.17, 15) is 9.59 Å². The summed E-state index contributed by atoms with van der Waals surface area (Å²) in [5.74, 6) is 0.685. The van der Waals surface area contributed by atoms with Crippen molar-refractivity contribution in [3.05, 3.63) is 59.4 Å². The van der Waals surface area contributed by atoms with Gasteiger partial charge in [-0.2, -0.15) is 0 Å². The van der Waals surface area contributed by atoms with E-state index in [-0.39, 0.29) is 17.7 Å². The minimum atomic E-state index is -0.544. The van der Waals surface area contributed by atoms with E-state index in [1.807, 2.05) is 54.3 Å². The lowest BCUT2D eigenvalue weighted by Gasteiger charge is -2.34. The maximum absolute atomic E-state index is 12.9. The van der Waals surface area contributed by atoms with E-state index in [1.54, 1.807) is 6.92 Å². The van der Waals surface area contributed by atoms with Crippen LogP contribution in [0.5, 0.6) is 5.75 Å². The number of para-hydroxylation sites is 1. The van der Waals surface area contributed by atoms with Gasteiger partial charge in [0.15, 0.2) is 6.10 Å². The molecule has 178 valence electrons. The lowest BCUT2D eigenvalue weighted by atomic mass is 9.89. The molecular weight excluding hydrogens is 418 g/mol. The molecule has 1 saturated heterocycles. The lowest BCUT2D eigenvalue weighted by molar-refractivity contribution is -0.139. The zero-order valence-corrected chi connectivity index (χ0v) is 19.9. The molecule has 1 aromatic carbocycles. The molecular formula is C26H35N3O4. The van der Waals surface area contributed by atoms with Crippen molar-refractivity contribution in [3.63, 3.8) is 0 Å². The number of nitrogens with zero attached hydrogens (tertiary/aromatic N) is 2. The fourth-order valence-corrected chi connectivity index (χ4v) is 4.04. The van der Waals surface area contributed by atoms with E-state index in [1.165, 1.54) is 0 Å². The molecule has 1 atom stereocenters. The number of amides is 2. The van der Waals surface area contributed by atoms with E-state index < -0.39 is 6.10 Å². The average molecular weight is 454 g/mol. The van der Waals surface area contributed by atoms with Crippen LogP contribution < -0.4 is 10.1 Å². The highest BCUT2D eigenvalue weighted by Gasteiger charge is 2.30. The van der Waals surface area contributed by atoms with Crippen molar-refractivity contribution in [2.24, 2.45) is 0 Å². The third-order valence-electron chi connectivity index (χ3n) is 5.79. The molecule has 1 aromatic heterocycles. The minimum absolute atomic E-state index is 0.0143. The molecule has 33 heavy (non-hydrogen) atoms. The van der Waals surface area contributed by atoms with Crippen LogP contribution in [0.1, 0.15) is 60.8 Å². The summed E-state index contributed by atoms with van der Waals surface area (Å²) in [6, 6.07) is 13.1. The first-order valence-corrected chi connectivity index (χ1v) is 11.8. The predicted octanol–water partition coefficient (Wildman–Crippen LogP) is 3.72. The first-order chi connectivity index (χ1) is 16.0. The van der Waals surface area contributed by atoms with E-state index in [4.69, 9.17) is 14.5 Å². The van der Waals surface area contributed by atoms with Crippen LogP contribution in [0, 0.1) is 6.92 Å². The molecule has 1 aliphatic rings. The highest BCUT2D eigenvalue weighted by Crippen LogP contribution is 2.30. The second kappa shape index (κ2) is 12.3. The first-order valence-electron chi connectivity index (χ1n) is 11.8. The second-order valence-corrected chi connectivity index (χ2v) is 8.43. The van der Waals surface area contributed by atoms with Gasteiger partial charge in [-0.05, 0) is 57.4 Å². The van der Waals surface area contributed by atoms with Crippen LogP contribution in [0.3, 0.4) is 0 Å². The molecule has 7 heteroatoms. The summed E-state index contributed by atoms with van der Waals surface area (Å²) in [5.41, 5.74) is 2.32. The van der Waals surface area contributed by atoms with Crippen LogP contribution in [-0.2, 0) is 9.53 Å². The Morgan fingerprint density at radius 1 is 1.12 bits per heavy atom. The van der Waals surface area contributed by atoms with Crippen molar-refractivity contribution in [1.29, 1.82) is 0 Å². The van der Waals surface area contributed by atoms with Crippen LogP contribution in [-0.4, -0.2) is 60.7 Å². The number of aromatic nitrogens is 1. The number of rotatable bonds is 10. The molecule has 1 N–H and O–H groups in total. The molecule has 3 rings (SSSR count). The Bertz CT molecular complexity index is 911. The number of piperidine rings is 1. The summed E-state index contributed by atoms with van der Waals surface area (Å²) >= 11 is 0. The number of hydrogen-bond donors (Lipinski definition) is 1. The molecule has 2 amide bonds. The molecule has 0 spiro atoms. The third kappa shape index (κ3) is 7.02. The SMILES string of the molecule is CCCOCCNC(=O)c1ccc(C)nc1C1CCN(C(=O)C(C)Oc2ccccc2)CC1. The monoisotopic (exact) mass is 453 g/mol. The van der Waals surface area contributed by atoms with E-state index >= 15 is 0 Å². The maximum atomic E-state index is 12.9. The minimum Gasteiger partial charge on any atom is -0.481 e. The zero-order valence-electron chi connectivity index (χ0n) is 19.9. The van der Waals surface area contributed by atoms with Gasteiger partial charge in [-0.15, -0.1) is 0 Å². The number of carbonyl (C=O) groups excluding carboxylic acids is 2. The summed E-state index contributed by atoms with van der Waals surface area (Å²) in [6.07, 6.45) is 1.94. The Morgan fingerprint density at radius 2 is 1.85 bits per heavy atom. The first kappa shape index (κ1) is 24.7. The third-order valence-corrected chi connectivity index (χ3v) is 5.79. The van der Waals surface area contributed by atoms with Crippen molar-refractivity contribution >= 4 is 11.8 Å². The molecule has 2 heterocycles. The Hall–Kier alpha value is -2.93. The van der Waals surface area contributed by atoms with Crippen LogP contribution in [0.4, 0.5) is 0 Å². The largest absolute Gasteiger partial charge is 0.481 e. The summed E-state index contributed by atoms with van der Waals surface area (Å²) in [7, 11) is 0. The van der Waals surface area contributed by atoms with Gasteiger partial charge in [0, 0.05) is 37.9 Å².